The first kappa shape index (κ1) is 23.3. The summed E-state index contributed by atoms with van der Waals surface area (Å²) < 4.78 is 11.2. The second kappa shape index (κ2) is 11.3. The summed E-state index contributed by atoms with van der Waals surface area (Å²) in [6.45, 7) is 3.99. The van der Waals surface area contributed by atoms with E-state index < -0.39 is 0 Å². The van der Waals surface area contributed by atoms with E-state index in [4.69, 9.17) is 9.15 Å². The van der Waals surface area contributed by atoms with Gasteiger partial charge in [0.25, 0.3) is 5.91 Å². The molecule has 5 heteroatoms. The van der Waals surface area contributed by atoms with Gasteiger partial charge in [-0.1, -0.05) is 54.6 Å². The summed E-state index contributed by atoms with van der Waals surface area (Å²) in [4.78, 5) is 14.8. The summed E-state index contributed by atoms with van der Waals surface area (Å²) in [6, 6.07) is 27.8. The molecule has 0 aliphatic carbocycles. The summed E-state index contributed by atoms with van der Waals surface area (Å²) in [6.07, 6.45) is 3.30. The van der Waals surface area contributed by atoms with E-state index in [-0.39, 0.29) is 12.0 Å². The zero-order chi connectivity index (χ0) is 23.8. The van der Waals surface area contributed by atoms with Gasteiger partial charge in [0.1, 0.15) is 11.9 Å². The molecular weight excluding hydrogens is 424 g/mol. The van der Waals surface area contributed by atoms with Gasteiger partial charge in [0.05, 0.1) is 19.1 Å². The van der Waals surface area contributed by atoms with E-state index in [2.05, 4.69) is 35.5 Å². The number of nitrogens with zero attached hydrogens (tertiary/aromatic N) is 1. The zero-order valence-electron chi connectivity index (χ0n) is 19.6. The number of ether oxygens (including phenoxy) is 1. The molecule has 4 rings (SSSR count). The predicted octanol–water partition coefficient (Wildman–Crippen LogP) is 5.78. The van der Waals surface area contributed by atoms with E-state index in [0.29, 0.717) is 12.1 Å². The maximum Gasteiger partial charge on any atom is 0.251 e. The number of nitrogens with one attached hydrogen (secondary N) is 1. The Morgan fingerprint density at radius 3 is 2.38 bits per heavy atom. The highest BCUT2D eigenvalue weighted by Gasteiger charge is 2.10. The molecule has 0 radical (unpaired) electrons. The van der Waals surface area contributed by atoms with E-state index in [1.165, 1.54) is 5.56 Å². The Morgan fingerprint density at radius 1 is 0.912 bits per heavy atom. The fraction of sp³-hybridized carbons (Fsp3) is 0.207. The minimum Gasteiger partial charge on any atom is -0.489 e. The molecule has 4 aromatic rings. The first-order valence-corrected chi connectivity index (χ1v) is 11.5. The van der Waals surface area contributed by atoms with Gasteiger partial charge >= 0.3 is 0 Å². The quantitative estimate of drug-likeness (QED) is 0.330. The van der Waals surface area contributed by atoms with Crippen LogP contribution in [-0.4, -0.2) is 30.5 Å². The molecule has 5 nitrogen and oxygen atoms in total. The number of hydrogen-bond donors (Lipinski definition) is 1. The number of furan rings is 1. The van der Waals surface area contributed by atoms with Crippen molar-refractivity contribution >= 4 is 5.91 Å². The number of benzene rings is 3. The van der Waals surface area contributed by atoms with Crippen molar-refractivity contribution in [2.75, 3.05) is 13.6 Å². The summed E-state index contributed by atoms with van der Waals surface area (Å²) in [7, 11) is 2.07. The lowest BCUT2D eigenvalue weighted by molar-refractivity contribution is 0.0932. The molecule has 0 saturated heterocycles. The molecule has 0 saturated carbocycles. The number of hydrogen-bond acceptors (Lipinski definition) is 4. The van der Waals surface area contributed by atoms with Gasteiger partial charge in [-0.05, 0) is 61.0 Å². The molecule has 0 bridgehead atoms. The lowest BCUT2D eigenvalue weighted by Crippen LogP contribution is -2.33. The van der Waals surface area contributed by atoms with Crippen LogP contribution >= 0.6 is 0 Å². The normalized spacial score (nSPS) is 11.9. The lowest BCUT2D eigenvalue weighted by atomic mass is 10.0. The van der Waals surface area contributed by atoms with Crippen LogP contribution in [0.5, 0.6) is 5.75 Å². The van der Waals surface area contributed by atoms with Crippen LogP contribution in [-0.2, 0) is 13.1 Å². The number of rotatable bonds is 10. The van der Waals surface area contributed by atoms with Gasteiger partial charge in [0, 0.05) is 24.2 Å². The van der Waals surface area contributed by atoms with Crippen molar-refractivity contribution in [2.24, 2.45) is 0 Å². The summed E-state index contributed by atoms with van der Waals surface area (Å²) in [5, 5.41) is 2.97. The van der Waals surface area contributed by atoms with Crippen molar-refractivity contribution < 1.29 is 13.9 Å². The van der Waals surface area contributed by atoms with E-state index in [9.17, 15) is 4.79 Å². The number of amides is 1. The average Bonchev–Trinajstić information content (AvgIpc) is 3.36. The molecule has 1 N–H and O–H groups in total. The summed E-state index contributed by atoms with van der Waals surface area (Å²) >= 11 is 0. The molecule has 3 aromatic carbocycles. The molecule has 34 heavy (non-hydrogen) atoms. The standard InChI is InChI=1S/C29H30N2O3/c1-22(18-30-29(32)27-13-11-26(12-14-27)25-8-4-3-5-9-25)34-28-10-6-7-23(17-28)19-31(2)20-24-15-16-33-21-24/h3-17,21-22H,18-20H2,1-2H3,(H,30,32)/t22-/m1/s1. The Balaban J connectivity index is 1.26. The highest BCUT2D eigenvalue weighted by molar-refractivity contribution is 5.94. The van der Waals surface area contributed by atoms with Gasteiger partial charge in [-0.2, -0.15) is 0 Å². The zero-order valence-corrected chi connectivity index (χ0v) is 19.6. The second-order valence-electron chi connectivity index (χ2n) is 8.53. The molecule has 1 amide bonds. The van der Waals surface area contributed by atoms with Gasteiger partial charge in [0.15, 0.2) is 0 Å². The van der Waals surface area contributed by atoms with Crippen molar-refractivity contribution in [2.45, 2.75) is 26.1 Å². The lowest BCUT2D eigenvalue weighted by Gasteiger charge is -2.18. The maximum atomic E-state index is 12.6. The fourth-order valence-electron chi connectivity index (χ4n) is 3.84. The molecule has 1 heterocycles. The first-order chi connectivity index (χ1) is 16.6. The van der Waals surface area contributed by atoms with Crippen molar-refractivity contribution in [3.63, 3.8) is 0 Å². The summed E-state index contributed by atoms with van der Waals surface area (Å²) in [5.41, 5.74) is 5.16. The minimum absolute atomic E-state index is 0.107. The van der Waals surface area contributed by atoms with Gasteiger partial charge in [-0.15, -0.1) is 0 Å². The Bertz CT molecular complexity index is 1170. The average molecular weight is 455 g/mol. The summed E-state index contributed by atoms with van der Waals surface area (Å²) in [5.74, 6) is 0.688. The van der Waals surface area contributed by atoms with Gasteiger partial charge in [0.2, 0.25) is 0 Å². The molecule has 1 aromatic heterocycles. The van der Waals surface area contributed by atoms with Crippen LogP contribution in [0, 0.1) is 0 Å². The largest absolute Gasteiger partial charge is 0.489 e. The SMILES string of the molecule is C[C@H](CNC(=O)c1ccc(-c2ccccc2)cc1)Oc1cccc(CN(C)Cc2ccoc2)c1. The predicted molar refractivity (Wildman–Crippen MR) is 135 cm³/mol. The van der Waals surface area contributed by atoms with E-state index in [0.717, 1.165) is 35.5 Å². The van der Waals surface area contributed by atoms with Gasteiger partial charge in [-0.25, -0.2) is 0 Å². The molecule has 174 valence electrons. The topological polar surface area (TPSA) is 54.7 Å². The molecule has 0 aliphatic heterocycles. The van der Waals surface area contributed by atoms with Crippen LogP contribution in [0.3, 0.4) is 0 Å². The van der Waals surface area contributed by atoms with Crippen LogP contribution in [0.2, 0.25) is 0 Å². The number of carbonyl (C=O) groups is 1. The van der Waals surface area contributed by atoms with Crippen molar-refractivity contribution in [3.05, 3.63) is 114 Å². The van der Waals surface area contributed by atoms with E-state index in [1.807, 2.05) is 73.7 Å². The molecular formula is C29H30N2O3. The van der Waals surface area contributed by atoms with Crippen LogP contribution in [0.4, 0.5) is 0 Å². The van der Waals surface area contributed by atoms with E-state index in [1.54, 1.807) is 12.5 Å². The third-order valence-electron chi connectivity index (χ3n) is 5.53. The molecule has 0 aliphatic rings. The Labute approximate surface area is 201 Å². The highest BCUT2D eigenvalue weighted by atomic mass is 16.5. The van der Waals surface area contributed by atoms with Crippen LogP contribution in [0.15, 0.2) is 102 Å². The monoisotopic (exact) mass is 454 g/mol. The third kappa shape index (κ3) is 6.59. The van der Waals surface area contributed by atoms with E-state index >= 15 is 0 Å². The number of carbonyl (C=O) groups excluding carboxylic acids is 1. The first-order valence-electron chi connectivity index (χ1n) is 11.5. The Hall–Kier alpha value is -3.83. The minimum atomic E-state index is -0.161. The second-order valence-corrected chi connectivity index (χ2v) is 8.53. The maximum absolute atomic E-state index is 12.6. The molecule has 0 spiro atoms. The third-order valence-corrected chi connectivity index (χ3v) is 5.53. The van der Waals surface area contributed by atoms with Gasteiger partial charge in [-0.3, -0.25) is 9.69 Å². The van der Waals surface area contributed by atoms with Crippen molar-refractivity contribution in [3.8, 4) is 16.9 Å². The van der Waals surface area contributed by atoms with Crippen molar-refractivity contribution in [1.82, 2.24) is 10.2 Å². The van der Waals surface area contributed by atoms with Crippen LogP contribution < -0.4 is 10.1 Å². The highest BCUT2D eigenvalue weighted by Crippen LogP contribution is 2.20. The Morgan fingerprint density at radius 2 is 1.65 bits per heavy atom. The smallest absolute Gasteiger partial charge is 0.251 e. The molecule has 0 unspecified atom stereocenters. The van der Waals surface area contributed by atoms with Gasteiger partial charge < -0.3 is 14.5 Å². The Kier molecular flexibility index (Phi) is 7.79. The molecule has 1 atom stereocenters. The fourth-order valence-corrected chi connectivity index (χ4v) is 3.84. The van der Waals surface area contributed by atoms with Crippen LogP contribution in [0.1, 0.15) is 28.4 Å². The molecule has 0 fully saturated rings. The van der Waals surface area contributed by atoms with Crippen molar-refractivity contribution in [1.29, 1.82) is 0 Å². The van der Waals surface area contributed by atoms with Crippen LogP contribution in [0.25, 0.3) is 11.1 Å².